The molecule has 0 saturated carbocycles. The molecule has 0 atom stereocenters. The minimum Gasteiger partial charge on any atom is -0.378 e. The third kappa shape index (κ3) is 4.31. The van der Waals surface area contributed by atoms with Crippen molar-refractivity contribution in [1.29, 1.82) is 0 Å². The Morgan fingerprint density at radius 1 is 1.19 bits per heavy atom. The second kappa shape index (κ2) is 6.63. The molecule has 0 aromatic carbocycles. The van der Waals surface area contributed by atoms with Crippen molar-refractivity contribution in [2.45, 2.75) is 33.1 Å². The first-order valence-electron chi connectivity index (χ1n) is 5.99. The highest BCUT2D eigenvalue weighted by molar-refractivity contribution is 5.81. The molecule has 1 aliphatic rings. The molecule has 0 bridgehead atoms. The smallest absolute Gasteiger partial charge is 0.222 e. The van der Waals surface area contributed by atoms with E-state index < -0.39 is 0 Å². The minimum absolute atomic E-state index is 0.0819. The summed E-state index contributed by atoms with van der Waals surface area (Å²) in [5.74, 6) is 0.480. The van der Waals surface area contributed by atoms with Crippen LogP contribution in [-0.2, 0) is 14.3 Å². The Bertz CT molecular complexity index is 245. The average Bonchev–Trinajstić information content (AvgIpc) is 2.29. The lowest BCUT2D eigenvalue weighted by Gasteiger charge is -2.26. The fourth-order valence-corrected chi connectivity index (χ4v) is 1.67. The van der Waals surface area contributed by atoms with Crippen molar-refractivity contribution in [1.82, 2.24) is 4.90 Å². The van der Waals surface area contributed by atoms with Crippen LogP contribution in [0.1, 0.15) is 33.1 Å². The van der Waals surface area contributed by atoms with Crippen molar-refractivity contribution in [2.24, 2.45) is 5.92 Å². The minimum atomic E-state index is 0.0819. The molecule has 1 aliphatic heterocycles. The van der Waals surface area contributed by atoms with Crippen molar-refractivity contribution in [3.05, 3.63) is 0 Å². The molecule has 0 radical (unpaired) electrons. The number of carbonyl (C=O) groups is 2. The van der Waals surface area contributed by atoms with Crippen LogP contribution in [0.5, 0.6) is 0 Å². The molecule has 0 aromatic rings. The maximum atomic E-state index is 11.7. The second-order valence-corrected chi connectivity index (χ2v) is 4.47. The molecule has 1 saturated heterocycles. The largest absolute Gasteiger partial charge is 0.378 e. The molecular weight excluding hydrogens is 206 g/mol. The number of hydrogen-bond acceptors (Lipinski definition) is 3. The summed E-state index contributed by atoms with van der Waals surface area (Å²) in [6.45, 7) is 6.44. The number of ketones is 1. The summed E-state index contributed by atoms with van der Waals surface area (Å²) in [5.41, 5.74) is 0. The van der Waals surface area contributed by atoms with E-state index in [1.54, 1.807) is 0 Å². The van der Waals surface area contributed by atoms with Gasteiger partial charge in [0.15, 0.2) is 0 Å². The Balaban J connectivity index is 2.17. The van der Waals surface area contributed by atoms with E-state index in [0.29, 0.717) is 45.6 Å². The van der Waals surface area contributed by atoms with E-state index >= 15 is 0 Å². The number of morpholine rings is 1. The highest BCUT2D eigenvalue weighted by Crippen LogP contribution is 2.07. The Morgan fingerprint density at radius 2 is 1.81 bits per heavy atom. The van der Waals surface area contributed by atoms with Gasteiger partial charge in [0.25, 0.3) is 0 Å². The normalized spacial score (nSPS) is 16.6. The molecule has 1 amide bonds. The van der Waals surface area contributed by atoms with Crippen molar-refractivity contribution in [2.75, 3.05) is 26.3 Å². The van der Waals surface area contributed by atoms with Gasteiger partial charge in [-0.1, -0.05) is 13.8 Å². The summed E-state index contributed by atoms with van der Waals surface area (Å²) < 4.78 is 5.18. The van der Waals surface area contributed by atoms with Gasteiger partial charge in [-0.15, -0.1) is 0 Å². The van der Waals surface area contributed by atoms with Crippen molar-refractivity contribution >= 4 is 11.7 Å². The van der Waals surface area contributed by atoms with Crippen molar-refractivity contribution in [3.63, 3.8) is 0 Å². The van der Waals surface area contributed by atoms with Crippen LogP contribution in [0.3, 0.4) is 0 Å². The van der Waals surface area contributed by atoms with E-state index in [0.717, 1.165) is 0 Å². The Morgan fingerprint density at radius 3 is 2.38 bits per heavy atom. The lowest BCUT2D eigenvalue weighted by molar-refractivity contribution is -0.135. The summed E-state index contributed by atoms with van der Waals surface area (Å²) in [6, 6.07) is 0. The van der Waals surface area contributed by atoms with Gasteiger partial charge in [0, 0.05) is 31.8 Å². The zero-order valence-electron chi connectivity index (χ0n) is 10.2. The van der Waals surface area contributed by atoms with Crippen LogP contribution in [0.15, 0.2) is 0 Å². The molecule has 0 spiro atoms. The number of rotatable bonds is 5. The van der Waals surface area contributed by atoms with Crippen LogP contribution < -0.4 is 0 Å². The van der Waals surface area contributed by atoms with Gasteiger partial charge in [-0.3, -0.25) is 9.59 Å². The maximum absolute atomic E-state index is 11.7. The first-order chi connectivity index (χ1) is 7.61. The quantitative estimate of drug-likeness (QED) is 0.710. The SMILES string of the molecule is CC(C)C(=O)CCCC(=O)N1CCOCC1. The third-order valence-electron chi connectivity index (χ3n) is 2.82. The molecule has 0 unspecified atom stereocenters. The van der Waals surface area contributed by atoms with Crippen LogP contribution in [-0.4, -0.2) is 42.9 Å². The zero-order valence-corrected chi connectivity index (χ0v) is 10.2. The summed E-state index contributed by atoms with van der Waals surface area (Å²) in [5, 5.41) is 0. The van der Waals surface area contributed by atoms with Gasteiger partial charge >= 0.3 is 0 Å². The second-order valence-electron chi connectivity index (χ2n) is 4.47. The summed E-state index contributed by atoms with van der Waals surface area (Å²) in [4.78, 5) is 24.9. The van der Waals surface area contributed by atoms with E-state index in [1.807, 2.05) is 18.7 Å². The van der Waals surface area contributed by atoms with Crippen LogP contribution >= 0.6 is 0 Å². The highest BCUT2D eigenvalue weighted by atomic mass is 16.5. The molecule has 16 heavy (non-hydrogen) atoms. The summed E-state index contributed by atoms with van der Waals surface area (Å²) in [6.07, 6.45) is 1.68. The topological polar surface area (TPSA) is 46.6 Å². The predicted molar refractivity (Wildman–Crippen MR) is 61.1 cm³/mol. The van der Waals surface area contributed by atoms with Gasteiger partial charge < -0.3 is 9.64 Å². The fraction of sp³-hybridized carbons (Fsp3) is 0.833. The number of amides is 1. The molecule has 1 fully saturated rings. The monoisotopic (exact) mass is 227 g/mol. The molecule has 1 heterocycles. The summed E-state index contributed by atoms with van der Waals surface area (Å²) >= 11 is 0. The molecule has 0 N–H and O–H groups in total. The van der Waals surface area contributed by atoms with E-state index in [9.17, 15) is 9.59 Å². The Kier molecular flexibility index (Phi) is 5.46. The van der Waals surface area contributed by atoms with Crippen molar-refractivity contribution < 1.29 is 14.3 Å². The molecule has 0 aromatic heterocycles. The van der Waals surface area contributed by atoms with Gasteiger partial charge in [-0.05, 0) is 6.42 Å². The van der Waals surface area contributed by atoms with E-state index in [-0.39, 0.29) is 17.6 Å². The number of carbonyl (C=O) groups excluding carboxylic acids is 2. The maximum Gasteiger partial charge on any atom is 0.222 e. The Hall–Kier alpha value is -0.900. The van der Waals surface area contributed by atoms with Crippen LogP contribution in [0.4, 0.5) is 0 Å². The number of hydrogen-bond donors (Lipinski definition) is 0. The lowest BCUT2D eigenvalue weighted by Crippen LogP contribution is -2.40. The number of Topliss-reactive ketones (excluding diaryl/α,β-unsaturated/α-hetero) is 1. The molecule has 4 heteroatoms. The standard InChI is InChI=1S/C12H21NO3/c1-10(2)11(14)4-3-5-12(15)13-6-8-16-9-7-13/h10H,3-9H2,1-2H3. The van der Waals surface area contributed by atoms with Gasteiger partial charge in [-0.2, -0.15) is 0 Å². The van der Waals surface area contributed by atoms with Crippen LogP contribution in [0.25, 0.3) is 0 Å². The lowest BCUT2D eigenvalue weighted by atomic mass is 10.0. The average molecular weight is 227 g/mol. The first kappa shape index (κ1) is 13.2. The summed E-state index contributed by atoms with van der Waals surface area (Å²) in [7, 11) is 0. The first-order valence-corrected chi connectivity index (χ1v) is 5.99. The zero-order chi connectivity index (χ0) is 12.0. The molecule has 92 valence electrons. The van der Waals surface area contributed by atoms with Gasteiger partial charge in [0.1, 0.15) is 5.78 Å². The Labute approximate surface area is 96.9 Å². The number of ether oxygens (including phenoxy) is 1. The highest BCUT2D eigenvalue weighted by Gasteiger charge is 2.16. The number of nitrogens with zero attached hydrogens (tertiary/aromatic N) is 1. The fourth-order valence-electron chi connectivity index (χ4n) is 1.67. The van der Waals surface area contributed by atoms with Gasteiger partial charge in [0.2, 0.25) is 5.91 Å². The van der Waals surface area contributed by atoms with Crippen LogP contribution in [0.2, 0.25) is 0 Å². The van der Waals surface area contributed by atoms with E-state index in [4.69, 9.17) is 4.74 Å². The molecule has 0 aliphatic carbocycles. The predicted octanol–water partition coefficient (Wildman–Crippen LogP) is 1.24. The van der Waals surface area contributed by atoms with Crippen molar-refractivity contribution in [3.8, 4) is 0 Å². The molecular formula is C12H21NO3. The third-order valence-corrected chi connectivity index (χ3v) is 2.82. The molecule has 1 rings (SSSR count). The van der Waals surface area contributed by atoms with Crippen LogP contribution in [0, 0.1) is 5.92 Å². The van der Waals surface area contributed by atoms with E-state index in [1.165, 1.54) is 0 Å². The molecule has 4 nitrogen and oxygen atoms in total. The van der Waals surface area contributed by atoms with E-state index in [2.05, 4.69) is 0 Å². The van der Waals surface area contributed by atoms with Gasteiger partial charge in [0.05, 0.1) is 13.2 Å². The van der Waals surface area contributed by atoms with Gasteiger partial charge in [-0.25, -0.2) is 0 Å².